The molecule has 1 atom stereocenters. The molecule has 6 nitrogen and oxygen atoms in total. The first kappa shape index (κ1) is 20.0. The van der Waals surface area contributed by atoms with Crippen LogP contribution in [-0.2, 0) is 4.79 Å². The van der Waals surface area contributed by atoms with E-state index in [1.807, 2.05) is 18.2 Å². The van der Waals surface area contributed by atoms with Gasteiger partial charge in [-0.2, -0.15) is 0 Å². The van der Waals surface area contributed by atoms with Crippen molar-refractivity contribution in [2.45, 2.75) is 12.5 Å². The Labute approximate surface area is 161 Å². The molecule has 0 bridgehead atoms. The van der Waals surface area contributed by atoms with Gasteiger partial charge in [0.15, 0.2) is 0 Å². The summed E-state index contributed by atoms with van der Waals surface area (Å²) in [5, 5.41) is 20.4. The fraction of sp³-hybridized carbons (Fsp3) is 0.167. The molecule has 0 spiro atoms. The number of carbonyl (C=O) groups excluding carboxylic acids is 1. The van der Waals surface area contributed by atoms with Crippen LogP contribution in [0.3, 0.4) is 0 Å². The number of hydrogen-bond acceptors (Lipinski definition) is 5. The molecule has 8 heteroatoms. The monoisotopic (exact) mass is 435 g/mol. The van der Waals surface area contributed by atoms with Crippen molar-refractivity contribution in [3.8, 4) is 6.07 Å². The van der Waals surface area contributed by atoms with Crippen LogP contribution in [-0.4, -0.2) is 42.6 Å². The van der Waals surface area contributed by atoms with Crippen LogP contribution in [0.2, 0.25) is 0 Å². The Hall–Kier alpha value is -2.30. The van der Waals surface area contributed by atoms with Crippen LogP contribution in [0.15, 0.2) is 48.5 Å². The van der Waals surface area contributed by atoms with Gasteiger partial charge >= 0.3 is 161 Å². The van der Waals surface area contributed by atoms with Crippen molar-refractivity contribution in [1.82, 2.24) is 0 Å². The molecule has 4 N–H and O–H groups in total. The molecule has 0 radical (unpaired) electrons. The Morgan fingerprint density at radius 3 is 2.58 bits per heavy atom. The van der Waals surface area contributed by atoms with Gasteiger partial charge in [-0.15, -0.1) is 0 Å². The summed E-state index contributed by atoms with van der Waals surface area (Å²) in [4.78, 5) is 23.3. The van der Waals surface area contributed by atoms with Crippen molar-refractivity contribution in [2.24, 2.45) is 5.73 Å². The van der Waals surface area contributed by atoms with E-state index in [9.17, 15) is 9.59 Å². The van der Waals surface area contributed by atoms with Gasteiger partial charge < -0.3 is 0 Å². The molecule has 0 aliphatic heterocycles. The van der Waals surface area contributed by atoms with Crippen molar-refractivity contribution in [3.63, 3.8) is 0 Å². The molecule has 2 aromatic rings. The summed E-state index contributed by atoms with van der Waals surface area (Å²) < 4.78 is 0.931. The number of amides is 1. The Bertz CT molecular complexity index is 821. The number of hydrogen-bond donors (Lipinski definition) is 3. The van der Waals surface area contributed by atoms with Crippen LogP contribution in [0.25, 0.3) is 0 Å². The van der Waals surface area contributed by atoms with Crippen molar-refractivity contribution in [3.05, 3.63) is 59.7 Å². The third-order valence-corrected chi connectivity index (χ3v) is 7.75. The summed E-state index contributed by atoms with van der Waals surface area (Å²) in [6, 6.07) is 15.2. The number of carbonyl (C=O) groups is 2. The number of aliphatic carboxylic acids is 1. The van der Waals surface area contributed by atoms with Gasteiger partial charge in [-0.1, -0.05) is 0 Å². The van der Waals surface area contributed by atoms with E-state index in [-0.39, 0.29) is 19.7 Å². The Morgan fingerprint density at radius 2 is 1.92 bits per heavy atom. The Morgan fingerprint density at radius 1 is 1.23 bits per heavy atom. The molecule has 26 heavy (non-hydrogen) atoms. The average Bonchev–Trinajstić information content (AvgIpc) is 2.65. The van der Waals surface area contributed by atoms with E-state index in [0.717, 1.165) is 4.46 Å². The topological polar surface area (TPSA) is 116 Å². The molecular weight excluding hydrogens is 417 g/mol. The predicted molar refractivity (Wildman–Crippen MR) is 104 cm³/mol. The maximum absolute atomic E-state index is 12.5. The van der Waals surface area contributed by atoms with Gasteiger partial charge in [-0.05, 0) is 0 Å². The summed E-state index contributed by atoms with van der Waals surface area (Å²) >= 11 is -0.0309. The number of carboxylic acid groups (broad SMARTS) is 1. The van der Waals surface area contributed by atoms with Gasteiger partial charge in [0, 0.05) is 0 Å². The van der Waals surface area contributed by atoms with Crippen LogP contribution in [0.1, 0.15) is 22.3 Å². The SMILES string of the molecule is N#Cc1ccc(NC(=O)c2ccccc2[Se]SCC[C@H](N)C(=O)O)cc1. The van der Waals surface area contributed by atoms with Crippen LogP contribution in [0, 0.1) is 11.3 Å². The molecule has 0 saturated heterocycles. The molecular formula is C18H17N3O3SSe. The Balaban J connectivity index is 1.97. The molecule has 0 heterocycles. The second-order valence-corrected chi connectivity index (χ2v) is 9.54. The zero-order chi connectivity index (χ0) is 18.9. The van der Waals surface area contributed by atoms with Gasteiger partial charge in [0.2, 0.25) is 0 Å². The van der Waals surface area contributed by atoms with Crippen LogP contribution >= 0.6 is 10.2 Å². The van der Waals surface area contributed by atoms with E-state index in [4.69, 9.17) is 16.1 Å². The molecule has 2 aromatic carbocycles. The number of rotatable bonds is 8. The zero-order valence-corrected chi connectivity index (χ0v) is 16.2. The zero-order valence-electron chi connectivity index (χ0n) is 13.7. The third-order valence-electron chi connectivity index (χ3n) is 3.38. The van der Waals surface area contributed by atoms with E-state index in [1.165, 1.54) is 0 Å². The van der Waals surface area contributed by atoms with Gasteiger partial charge in [0.25, 0.3) is 0 Å². The van der Waals surface area contributed by atoms with Crippen LogP contribution < -0.4 is 15.5 Å². The minimum absolute atomic E-state index is 0.0309. The molecule has 134 valence electrons. The van der Waals surface area contributed by atoms with E-state index in [0.29, 0.717) is 29.0 Å². The van der Waals surface area contributed by atoms with Crippen LogP contribution in [0.5, 0.6) is 0 Å². The third kappa shape index (κ3) is 5.90. The molecule has 0 unspecified atom stereocenters. The van der Waals surface area contributed by atoms with Gasteiger partial charge in [-0.3, -0.25) is 0 Å². The molecule has 0 aliphatic rings. The van der Waals surface area contributed by atoms with E-state index in [2.05, 4.69) is 5.32 Å². The summed E-state index contributed by atoms with van der Waals surface area (Å²) in [6.45, 7) is 0. The van der Waals surface area contributed by atoms with Crippen molar-refractivity contribution >= 4 is 46.0 Å². The molecule has 0 aromatic heterocycles. The molecule has 0 fully saturated rings. The molecule has 0 aliphatic carbocycles. The first-order chi connectivity index (χ1) is 12.5. The quantitative estimate of drug-likeness (QED) is 0.429. The van der Waals surface area contributed by atoms with Gasteiger partial charge in [-0.25, -0.2) is 0 Å². The fourth-order valence-electron chi connectivity index (χ4n) is 1.96. The normalized spacial score (nSPS) is 11.4. The second-order valence-electron chi connectivity index (χ2n) is 5.28. The molecule has 1 amide bonds. The average molecular weight is 434 g/mol. The first-order valence-corrected chi connectivity index (χ1v) is 11.6. The summed E-state index contributed by atoms with van der Waals surface area (Å²) in [6.07, 6.45) is 0.390. The predicted octanol–water partition coefficient (Wildman–Crippen LogP) is 1.59. The molecule has 2 rings (SSSR count). The van der Waals surface area contributed by atoms with Crippen LogP contribution in [0.4, 0.5) is 5.69 Å². The van der Waals surface area contributed by atoms with E-state index < -0.39 is 12.0 Å². The number of benzene rings is 2. The maximum atomic E-state index is 12.5. The molecule has 0 saturated carbocycles. The van der Waals surface area contributed by atoms with Gasteiger partial charge in [0.05, 0.1) is 0 Å². The first-order valence-electron chi connectivity index (χ1n) is 7.69. The van der Waals surface area contributed by atoms with Gasteiger partial charge in [0.1, 0.15) is 0 Å². The number of nitrogens with two attached hydrogens (primary N) is 1. The fourth-order valence-corrected chi connectivity index (χ4v) is 6.01. The summed E-state index contributed by atoms with van der Waals surface area (Å²) in [5.74, 6) is -0.589. The summed E-state index contributed by atoms with van der Waals surface area (Å²) in [7, 11) is 1.60. The van der Waals surface area contributed by atoms with Crippen molar-refractivity contribution < 1.29 is 14.7 Å². The summed E-state index contributed by atoms with van der Waals surface area (Å²) in [5.41, 5.74) is 7.23. The number of nitrogens with zero attached hydrogens (tertiary/aromatic N) is 1. The number of anilines is 1. The minimum atomic E-state index is -1.000. The second kappa shape index (κ2) is 10.00. The standard InChI is InChI=1S/C18H17N3O3SSe/c19-11-12-5-7-13(8-6-12)21-17(22)14-3-1-2-4-16(14)26-25-10-9-15(20)18(23)24/h1-8,15H,9-10,20H2,(H,21,22)(H,23,24)/t15-/m0/s1. The number of carboxylic acids is 1. The number of nitriles is 1. The number of nitrogens with one attached hydrogen (secondary N) is 1. The Kier molecular flexibility index (Phi) is 7.70. The van der Waals surface area contributed by atoms with Crippen molar-refractivity contribution in [1.29, 1.82) is 5.26 Å². The van der Waals surface area contributed by atoms with E-state index in [1.54, 1.807) is 46.6 Å². The van der Waals surface area contributed by atoms with Crippen molar-refractivity contribution in [2.75, 3.05) is 11.1 Å². The van der Waals surface area contributed by atoms with E-state index >= 15 is 0 Å².